The van der Waals surface area contributed by atoms with Crippen molar-refractivity contribution in [3.05, 3.63) is 29.8 Å². The van der Waals surface area contributed by atoms with Gasteiger partial charge < -0.3 is 14.8 Å². The third-order valence-electron chi connectivity index (χ3n) is 4.37. The van der Waals surface area contributed by atoms with Crippen LogP contribution in [0.4, 0.5) is 0 Å². The quantitative estimate of drug-likeness (QED) is 0.873. The van der Waals surface area contributed by atoms with E-state index >= 15 is 0 Å². The van der Waals surface area contributed by atoms with E-state index in [1.54, 1.807) is 0 Å². The highest BCUT2D eigenvalue weighted by Gasteiger charge is 2.40. The van der Waals surface area contributed by atoms with Crippen molar-refractivity contribution in [1.82, 2.24) is 5.32 Å². The Morgan fingerprint density at radius 2 is 2.10 bits per heavy atom. The molecule has 1 heterocycles. The summed E-state index contributed by atoms with van der Waals surface area (Å²) >= 11 is 0. The van der Waals surface area contributed by atoms with Gasteiger partial charge in [0, 0.05) is 18.7 Å². The maximum Gasteiger partial charge on any atom is 0.174 e. The minimum absolute atomic E-state index is 0.0929. The van der Waals surface area contributed by atoms with Crippen LogP contribution in [-0.2, 0) is 4.74 Å². The van der Waals surface area contributed by atoms with Crippen LogP contribution in [0, 0.1) is 17.2 Å². The summed E-state index contributed by atoms with van der Waals surface area (Å²) in [5.41, 5.74) is 1.24. The summed E-state index contributed by atoms with van der Waals surface area (Å²) in [6.07, 6.45) is 4.16. The van der Waals surface area contributed by atoms with Gasteiger partial charge in [0.05, 0.1) is 6.10 Å². The maximum atomic E-state index is 8.51. The zero-order chi connectivity index (χ0) is 14.7. The SMILES string of the molecule is CC(NC1CCOC1C1CC1)c1ccc(OCC#N)cc1. The topological polar surface area (TPSA) is 54.3 Å². The number of hydrogen-bond acceptors (Lipinski definition) is 4. The molecule has 0 radical (unpaired) electrons. The monoisotopic (exact) mass is 286 g/mol. The smallest absolute Gasteiger partial charge is 0.174 e. The van der Waals surface area contributed by atoms with Gasteiger partial charge >= 0.3 is 0 Å². The van der Waals surface area contributed by atoms with E-state index in [0.29, 0.717) is 18.2 Å². The molecule has 0 aromatic heterocycles. The molecule has 0 amide bonds. The van der Waals surface area contributed by atoms with Crippen molar-refractivity contribution in [2.45, 2.75) is 44.4 Å². The van der Waals surface area contributed by atoms with E-state index in [0.717, 1.165) is 24.7 Å². The second kappa shape index (κ2) is 6.46. The number of ether oxygens (including phenoxy) is 2. The van der Waals surface area contributed by atoms with Crippen molar-refractivity contribution in [2.75, 3.05) is 13.2 Å². The van der Waals surface area contributed by atoms with E-state index in [2.05, 4.69) is 24.4 Å². The number of hydrogen-bond donors (Lipinski definition) is 1. The Morgan fingerprint density at radius 1 is 1.33 bits per heavy atom. The van der Waals surface area contributed by atoms with Gasteiger partial charge in [0.1, 0.15) is 11.8 Å². The number of nitrogens with zero attached hydrogens (tertiary/aromatic N) is 1. The third kappa shape index (κ3) is 3.55. The molecule has 4 heteroatoms. The minimum Gasteiger partial charge on any atom is -0.479 e. The number of nitriles is 1. The summed E-state index contributed by atoms with van der Waals surface area (Å²) in [6, 6.07) is 10.7. The van der Waals surface area contributed by atoms with Crippen molar-refractivity contribution < 1.29 is 9.47 Å². The predicted molar refractivity (Wildman–Crippen MR) is 80.0 cm³/mol. The Kier molecular flexibility index (Phi) is 4.42. The molecular formula is C17H22N2O2. The molecule has 3 atom stereocenters. The molecule has 2 aliphatic rings. The lowest BCUT2D eigenvalue weighted by atomic mass is 10.0. The van der Waals surface area contributed by atoms with E-state index < -0.39 is 0 Å². The average Bonchev–Trinajstić information content (AvgIpc) is 3.26. The first-order valence-corrected chi connectivity index (χ1v) is 7.75. The molecule has 1 saturated carbocycles. The molecule has 3 rings (SSSR count). The van der Waals surface area contributed by atoms with Gasteiger partial charge in [-0.1, -0.05) is 12.1 Å². The highest BCUT2D eigenvalue weighted by Crippen LogP contribution is 2.39. The van der Waals surface area contributed by atoms with Crippen LogP contribution in [0.1, 0.15) is 37.8 Å². The first kappa shape index (κ1) is 14.4. The van der Waals surface area contributed by atoms with Gasteiger partial charge in [-0.05, 0) is 49.8 Å². The molecule has 3 unspecified atom stereocenters. The second-order valence-corrected chi connectivity index (χ2v) is 5.97. The van der Waals surface area contributed by atoms with Crippen LogP contribution in [0.15, 0.2) is 24.3 Å². The number of rotatable bonds is 6. The first-order chi connectivity index (χ1) is 10.3. The zero-order valence-corrected chi connectivity index (χ0v) is 12.4. The largest absolute Gasteiger partial charge is 0.479 e. The van der Waals surface area contributed by atoms with Crippen LogP contribution in [0.2, 0.25) is 0 Å². The molecule has 1 aliphatic carbocycles. The maximum absolute atomic E-state index is 8.51. The molecule has 1 aromatic rings. The Bertz CT molecular complexity index is 505. The van der Waals surface area contributed by atoms with Crippen LogP contribution >= 0.6 is 0 Å². The number of nitrogens with one attached hydrogen (secondary N) is 1. The Labute approximate surface area is 126 Å². The van der Waals surface area contributed by atoms with Gasteiger partial charge in [-0.25, -0.2) is 0 Å². The van der Waals surface area contributed by atoms with E-state index in [-0.39, 0.29) is 6.61 Å². The fourth-order valence-electron chi connectivity index (χ4n) is 3.06. The van der Waals surface area contributed by atoms with Gasteiger partial charge in [-0.2, -0.15) is 5.26 Å². The average molecular weight is 286 g/mol. The third-order valence-corrected chi connectivity index (χ3v) is 4.37. The first-order valence-electron chi connectivity index (χ1n) is 7.75. The van der Waals surface area contributed by atoms with Crippen molar-refractivity contribution in [3.63, 3.8) is 0 Å². The molecule has 2 fully saturated rings. The molecule has 0 bridgehead atoms. The molecule has 21 heavy (non-hydrogen) atoms. The van der Waals surface area contributed by atoms with Crippen molar-refractivity contribution in [3.8, 4) is 11.8 Å². The van der Waals surface area contributed by atoms with Crippen LogP contribution in [0.5, 0.6) is 5.75 Å². The minimum atomic E-state index is 0.0929. The van der Waals surface area contributed by atoms with E-state index in [1.165, 1.54) is 18.4 Å². The Balaban J connectivity index is 1.57. The summed E-state index contributed by atoms with van der Waals surface area (Å²) in [7, 11) is 0. The lowest BCUT2D eigenvalue weighted by Gasteiger charge is -2.24. The van der Waals surface area contributed by atoms with Crippen molar-refractivity contribution in [2.24, 2.45) is 5.92 Å². The Morgan fingerprint density at radius 3 is 2.76 bits per heavy atom. The summed E-state index contributed by atoms with van der Waals surface area (Å²) in [5.74, 6) is 1.52. The summed E-state index contributed by atoms with van der Waals surface area (Å²) < 4.78 is 11.2. The van der Waals surface area contributed by atoms with E-state index in [9.17, 15) is 0 Å². The van der Waals surface area contributed by atoms with E-state index in [4.69, 9.17) is 14.7 Å². The standard InChI is InChI=1S/C17H22N2O2/c1-12(13-4-6-15(7-5-13)20-11-9-18)19-16-8-10-21-17(16)14-2-3-14/h4-7,12,14,16-17,19H,2-3,8,10-11H2,1H3. The van der Waals surface area contributed by atoms with E-state index in [1.807, 2.05) is 18.2 Å². The lowest BCUT2D eigenvalue weighted by Crippen LogP contribution is -2.39. The molecule has 0 spiro atoms. The lowest BCUT2D eigenvalue weighted by molar-refractivity contribution is 0.0793. The molecule has 112 valence electrons. The molecule has 1 saturated heterocycles. The summed E-state index contributed by atoms with van der Waals surface area (Å²) in [6.45, 7) is 3.16. The van der Waals surface area contributed by atoms with Crippen molar-refractivity contribution in [1.29, 1.82) is 5.26 Å². The predicted octanol–water partition coefficient (Wildman–Crippen LogP) is 2.81. The molecule has 1 N–H and O–H groups in total. The molecule has 1 aliphatic heterocycles. The molecular weight excluding hydrogens is 264 g/mol. The Hall–Kier alpha value is -1.57. The van der Waals surface area contributed by atoms with Gasteiger partial charge in [-0.3, -0.25) is 0 Å². The van der Waals surface area contributed by atoms with Crippen LogP contribution in [0.25, 0.3) is 0 Å². The van der Waals surface area contributed by atoms with Crippen molar-refractivity contribution >= 4 is 0 Å². The van der Waals surface area contributed by atoms with Crippen LogP contribution < -0.4 is 10.1 Å². The normalized spacial score (nSPS) is 26.3. The van der Waals surface area contributed by atoms with Gasteiger partial charge in [-0.15, -0.1) is 0 Å². The molecule has 1 aromatic carbocycles. The van der Waals surface area contributed by atoms with Gasteiger partial charge in [0.2, 0.25) is 0 Å². The van der Waals surface area contributed by atoms with Gasteiger partial charge in [0.25, 0.3) is 0 Å². The summed E-state index contributed by atoms with van der Waals surface area (Å²) in [5, 5.41) is 12.2. The highest BCUT2D eigenvalue weighted by atomic mass is 16.5. The fourth-order valence-corrected chi connectivity index (χ4v) is 3.06. The highest BCUT2D eigenvalue weighted by molar-refractivity contribution is 5.29. The van der Waals surface area contributed by atoms with Crippen LogP contribution in [0.3, 0.4) is 0 Å². The fraction of sp³-hybridized carbons (Fsp3) is 0.588. The molecule has 4 nitrogen and oxygen atoms in total. The zero-order valence-electron chi connectivity index (χ0n) is 12.4. The second-order valence-electron chi connectivity index (χ2n) is 5.97. The van der Waals surface area contributed by atoms with Gasteiger partial charge in [0.15, 0.2) is 6.61 Å². The summed E-state index contributed by atoms with van der Waals surface area (Å²) in [4.78, 5) is 0. The number of benzene rings is 1. The van der Waals surface area contributed by atoms with Crippen LogP contribution in [-0.4, -0.2) is 25.4 Å².